The van der Waals surface area contributed by atoms with E-state index in [9.17, 15) is 18.0 Å². The molecule has 0 bridgehead atoms. The van der Waals surface area contributed by atoms with E-state index < -0.39 is 18.4 Å². The summed E-state index contributed by atoms with van der Waals surface area (Å²) in [6.45, 7) is 4.51. The second kappa shape index (κ2) is 7.70. The molecule has 0 aromatic heterocycles. The number of likely N-dealkylation sites (tertiary alicyclic amines) is 1. The molecule has 0 aromatic rings. The van der Waals surface area contributed by atoms with Gasteiger partial charge in [0.1, 0.15) is 0 Å². The Morgan fingerprint density at radius 3 is 2.65 bits per heavy atom. The van der Waals surface area contributed by atoms with E-state index in [0.717, 1.165) is 12.8 Å². The molecule has 0 aliphatic carbocycles. The molecule has 8 heteroatoms. The molecule has 1 unspecified atom stereocenters. The Labute approximate surface area is 134 Å². The lowest BCUT2D eigenvalue weighted by atomic mass is 9.90. The molecular formula is C15H25F3N2O3. The normalized spacial score (nSPS) is 24.7. The van der Waals surface area contributed by atoms with Gasteiger partial charge in [0.25, 0.3) is 0 Å². The first-order valence-corrected chi connectivity index (χ1v) is 8.18. The first kappa shape index (κ1) is 18.3. The van der Waals surface area contributed by atoms with Crippen molar-refractivity contribution in [1.82, 2.24) is 10.2 Å². The number of urea groups is 1. The van der Waals surface area contributed by atoms with Crippen molar-refractivity contribution in [2.75, 3.05) is 32.8 Å². The van der Waals surface area contributed by atoms with Gasteiger partial charge in [0, 0.05) is 32.0 Å². The van der Waals surface area contributed by atoms with Gasteiger partial charge in [-0.3, -0.25) is 0 Å². The van der Waals surface area contributed by atoms with Gasteiger partial charge in [-0.25, -0.2) is 4.79 Å². The highest BCUT2D eigenvalue weighted by Gasteiger charge is 2.42. The molecule has 0 aromatic carbocycles. The van der Waals surface area contributed by atoms with Crippen molar-refractivity contribution in [3.63, 3.8) is 0 Å². The molecule has 2 fully saturated rings. The highest BCUT2D eigenvalue weighted by molar-refractivity contribution is 5.74. The highest BCUT2D eigenvalue weighted by atomic mass is 19.4. The second-order valence-electron chi connectivity index (χ2n) is 6.30. The van der Waals surface area contributed by atoms with E-state index in [0.29, 0.717) is 32.7 Å². The van der Waals surface area contributed by atoms with E-state index in [1.54, 1.807) is 4.90 Å². The van der Waals surface area contributed by atoms with E-state index in [1.165, 1.54) is 0 Å². The molecule has 2 rings (SSSR count). The lowest BCUT2D eigenvalue weighted by Gasteiger charge is -2.39. The standard InChI is InChI=1S/C15H25F3N2O3/c1-14(22-9-10-23-14)12-5-4-8-20(11-12)13(21)19-7-3-2-6-15(16,17)18/h12H,2-11H2,1H3,(H,19,21). The van der Waals surface area contributed by atoms with Crippen molar-refractivity contribution < 1.29 is 27.4 Å². The molecule has 0 spiro atoms. The van der Waals surface area contributed by atoms with E-state index in [4.69, 9.17) is 9.47 Å². The Morgan fingerprint density at radius 1 is 1.30 bits per heavy atom. The van der Waals surface area contributed by atoms with E-state index >= 15 is 0 Å². The van der Waals surface area contributed by atoms with Gasteiger partial charge in [-0.2, -0.15) is 13.2 Å². The fraction of sp³-hybridized carbons (Fsp3) is 0.933. The van der Waals surface area contributed by atoms with Crippen molar-refractivity contribution in [3.05, 3.63) is 0 Å². The summed E-state index contributed by atoms with van der Waals surface area (Å²) in [5.74, 6) is -0.513. The van der Waals surface area contributed by atoms with Crippen LogP contribution in [0, 0.1) is 5.92 Å². The number of nitrogens with zero attached hydrogens (tertiary/aromatic N) is 1. The number of halogens is 3. The minimum Gasteiger partial charge on any atom is -0.347 e. The fourth-order valence-electron chi connectivity index (χ4n) is 3.11. The van der Waals surface area contributed by atoms with Gasteiger partial charge in [-0.15, -0.1) is 0 Å². The van der Waals surface area contributed by atoms with E-state index in [2.05, 4.69) is 5.32 Å². The van der Waals surface area contributed by atoms with E-state index in [1.807, 2.05) is 6.92 Å². The van der Waals surface area contributed by atoms with Crippen LogP contribution in [0.25, 0.3) is 0 Å². The Balaban J connectivity index is 1.70. The molecule has 23 heavy (non-hydrogen) atoms. The largest absolute Gasteiger partial charge is 0.389 e. The molecular weight excluding hydrogens is 313 g/mol. The molecule has 2 aliphatic heterocycles. The van der Waals surface area contributed by atoms with Gasteiger partial charge >= 0.3 is 12.2 Å². The summed E-state index contributed by atoms with van der Waals surface area (Å²) < 4.78 is 47.5. The maximum Gasteiger partial charge on any atom is 0.389 e. The van der Waals surface area contributed by atoms with Crippen LogP contribution in [0.5, 0.6) is 0 Å². The van der Waals surface area contributed by atoms with E-state index in [-0.39, 0.29) is 24.9 Å². The molecule has 0 radical (unpaired) electrons. The van der Waals surface area contributed by atoms with Crippen LogP contribution in [-0.2, 0) is 9.47 Å². The van der Waals surface area contributed by atoms with Crippen molar-refractivity contribution in [3.8, 4) is 0 Å². The molecule has 1 N–H and O–H groups in total. The van der Waals surface area contributed by atoms with Crippen molar-refractivity contribution in [2.24, 2.45) is 5.92 Å². The maximum absolute atomic E-state index is 12.1. The number of nitrogens with one attached hydrogen (secondary N) is 1. The van der Waals surface area contributed by atoms with Gasteiger partial charge in [-0.05, 0) is 32.6 Å². The minimum absolute atomic E-state index is 0.0339. The third kappa shape index (κ3) is 5.53. The van der Waals surface area contributed by atoms with Crippen LogP contribution in [0.4, 0.5) is 18.0 Å². The lowest BCUT2D eigenvalue weighted by molar-refractivity contribution is -0.189. The van der Waals surface area contributed by atoms with Gasteiger partial charge in [0.2, 0.25) is 0 Å². The summed E-state index contributed by atoms with van der Waals surface area (Å²) in [6.07, 6.45) is -2.76. The molecule has 5 nitrogen and oxygen atoms in total. The maximum atomic E-state index is 12.1. The topological polar surface area (TPSA) is 50.8 Å². The molecule has 2 heterocycles. The monoisotopic (exact) mass is 338 g/mol. The van der Waals surface area contributed by atoms with Crippen LogP contribution in [0.1, 0.15) is 39.0 Å². The average molecular weight is 338 g/mol. The fourth-order valence-corrected chi connectivity index (χ4v) is 3.11. The van der Waals surface area contributed by atoms with Crippen LogP contribution < -0.4 is 5.32 Å². The smallest absolute Gasteiger partial charge is 0.347 e. The molecule has 2 saturated heterocycles. The predicted molar refractivity (Wildman–Crippen MR) is 77.9 cm³/mol. The third-order valence-corrected chi connectivity index (χ3v) is 4.47. The predicted octanol–water partition coefficient (Wildman–Crippen LogP) is 2.90. The number of piperidine rings is 1. The summed E-state index contributed by atoms with van der Waals surface area (Å²) >= 11 is 0. The van der Waals surface area contributed by atoms with Crippen LogP contribution in [-0.4, -0.2) is 55.7 Å². The number of alkyl halides is 3. The first-order chi connectivity index (χ1) is 10.8. The van der Waals surface area contributed by atoms with Gasteiger partial charge in [0.15, 0.2) is 5.79 Å². The van der Waals surface area contributed by atoms with Crippen LogP contribution in [0.15, 0.2) is 0 Å². The summed E-state index contributed by atoms with van der Waals surface area (Å²) in [5.41, 5.74) is 0. The number of hydrogen-bond acceptors (Lipinski definition) is 3. The highest BCUT2D eigenvalue weighted by Crippen LogP contribution is 2.34. The number of unbranched alkanes of at least 4 members (excludes halogenated alkanes) is 1. The zero-order chi connectivity index (χ0) is 16.9. The average Bonchev–Trinajstić information content (AvgIpc) is 2.94. The molecule has 2 amide bonds. The van der Waals surface area contributed by atoms with Crippen molar-refractivity contribution >= 4 is 6.03 Å². The zero-order valence-corrected chi connectivity index (χ0v) is 13.5. The minimum atomic E-state index is -4.12. The number of carbonyl (C=O) groups excluding carboxylic acids is 1. The molecule has 1 atom stereocenters. The number of hydrogen-bond donors (Lipinski definition) is 1. The summed E-state index contributed by atoms with van der Waals surface area (Å²) in [6, 6.07) is -0.219. The number of rotatable bonds is 5. The molecule has 0 saturated carbocycles. The van der Waals surface area contributed by atoms with Gasteiger partial charge in [0.05, 0.1) is 13.2 Å². The summed E-state index contributed by atoms with van der Waals surface area (Å²) in [5, 5.41) is 2.70. The van der Waals surface area contributed by atoms with Crippen molar-refractivity contribution in [2.45, 2.75) is 51.0 Å². The van der Waals surface area contributed by atoms with Crippen LogP contribution in [0.2, 0.25) is 0 Å². The Bertz CT molecular complexity index is 398. The van der Waals surface area contributed by atoms with Crippen LogP contribution in [0.3, 0.4) is 0 Å². The Morgan fingerprint density at radius 2 is 2.00 bits per heavy atom. The zero-order valence-electron chi connectivity index (χ0n) is 13.5. The number of carbonyl (C=O) groups is 1. The number of amides is 2. The second-order valence-corrected chi connectivity index (χ2v) is 6.30. The Hall–Kier alpha value is -1.02. The third-order valence-electron chi connectivity index (χ3n) is 4.47. The van der Waals surface area contributed by atoms with Gasteiger partial charge in [-0.1, -0.05) is 0 Å². The first-order valence-electron chi connectivity index (χ1n) is 8.18. The summed E-state index contributed by atoms with van der Waals surface area (Å²) in [4.78, 5) is 13.8. The Kier molecular flexibility index (Phi) is 6.13. The molecule has 2 aliphatic rings. The lowest BCUT2D eigenvalue weighted by Crippen LogP contribution is -2.51. The summed E-state index contributed by atoms with van der Waals surface area (Å²) in [7, 11) is 0. The SMILES string of the molecule is CC1(C2CCCN(C(=O)NCCCCC(F)(F)F)C2)OCCO1. The van der Waals surface area contributed by atoms with Crippen molar-refractivity contribution in [1.29, 1.82) is 0 Å². The van der Waals surface area contributed by atoms with Gasteiger partial charge < -0.3 is 19.7 Å². The number of ether oxygens (including phenoxy) is 2. The quantitative estimate of drug-likeness (QED) is 0.784. The molecule has 134 valence electrons. The van der Waals surface area contributed by atoms with Crippen LogP contribution >= 0.6 is 0 Å².